The Morgan fingerprint density at radius 2 is 1.50 bits per heavy atom. The van der Waals surface area contributed by atoms with E-state index < -0.39 is 5.91 Å². The molecule has 0 aliphatic rings. The first-order chi connectivity index (χ1) is 9.40. The molecule has 0 unspecified atom stereocenters. The number of anilines is 1. The quantitative estimate of drug-likeness (QED) is 0.627. The summed E-state index contributed by atoms with van der Waals surface area (Å²) in [6.45, 7) is 0. The third-order valence-corrected chi connectivity index (χ3v) is 4.31. The summed E-state index contributed by atoms with van der Waals surface area (Å²) in [6, 6.07) is 7.67. The SMILES string of the molecule is O=C(Nc1cc(Cl)c(Cl)cc1Cl)c1cccc(Cl)c1Cl. The fraction of sp³-hybridized carbons (Fsp3) is 0. The zero-order valence-electron chi connectivity index (χ0n) is 9.68. The van der Waals surface area contributed by atoms with Crippen LogP contribution in [0.4, 0.5) is 5.69 Å². The first kappa shape index (κ1) is 15.7. The second-order valence-electron chi connectivity index (χ2n) is 3.80. The highest BCUT2D eigenvalue weighted by Crippen LogP contribution is 2.33. The number of carbonyl (C=O) groups excluding carboxylic acids is 1. The Bertz CT molecular complexity index is 687. The molecule has 0 saturated heterocycles. The molecule has 0 saturated carbocycles. The van der Waals surface area contributed by atoms with Crippen LogP contribution in [-0.4, -0.2) is 5.91 Å². The number of hydrogen-bond donors (Lipinski definition) is 1. The molecule has 2 aromatic rings. The fourth-order valence-electron chi connectivity index (χ4n) is 1.49. The van der Waals surface area contributed by atoms with Crippen LogP contribution < -0.4 is 5.32 Å². The lowest BCUT2D eigenvalue weighted by Gasteiger charge is -2.10. The van der Waals surface area contributed by atoms with E-state index in [-0.39, 0.29) is 20.6 Å². The van der Waals surface area contributed by atoms with Crippen molar-refractivity contribution < 1.29 is 4.79 Å². The molecule has 0 aromatic heterocycles. The highest BCUT2D eigenvalue weighted by molar-refractivity contribution is 6.45. The lowest BCUT2D eigenvalue weighted by molar-refractivity contribution is 0.102. The molecule has 7 heteroatoms. The summed E-state index contributed by atoms with van der Waals surface area (Å²) >= 11 is 29.5. The molecular formula is C13H6Cl5NO. The molecule has 0 atom stereocenters. The van der Waals surface area contributed by atoms with Crippen LogP contribution in [0.15, 0.2) is 30.3 Å². The van der Waals surface area contributed by atoms with E-state index in [0.717, 1.165) is 0 Å². The highest BCUT2D eigenvalue weighted by Gasteiger charge is 2.15. The highest BCUT2D eigenvalue weighted by atomic mass is 35.5. The van der Waals surface area contributed by atoms with Gasteiger partial charge in [0.2, 0.25) is 0 Å². The van der Waals surface area contributed by atoms with Crippen molar-refractivity contribution in [3.8, 4) is 0 Å². The summed E-state index contributed by atoms with van der Waals surface area (Å²) in [5.74, 6) is -0.446. The maximum atomic E-state index is 12.1. The van der Waals surface area contributed by atoms with Crippen molar-refractivity contribution in [2.24, 2.45) is 0 Å². The second kappa shape index (κ2) is 6.42. The van der Waals surface area contributed by atoms with Crippen LogP contribution in [-0.2, 0) is 0 Å². The smallest absolute Gasteiger partial charge is 0.257 e. The minimum Gasteiger partial charge on any atom is -0.321 e. The van der Waals surface area contributed by atoms with E-state index in [2.05, 4.69) is 5.32 Å². The Labute approximate surface area is 140 Å². The summed E-state index contributed by atoms with van der Waals surface area (Å²) in [7, 11) is 0. The molecule has 2 rings (SSSR count). The van der Waals surface area contributed by atoms with E-state index in [9.17, 15) is 4.79 Å². The van der Waals surface area contributed by atoms with Gasteiger partial charge in [0.25, 0.3) is 5.91 Å². The topological polar surface area (TPSA) is 29.1 Å². The number of halogens is 5. The fourth-order valence-corrected chi connectivity index (χ4v) is 2.47. The van der Waals surface area contributed by atoms with Gasteiger partial charge in [-0.05, 0) is 24.3 Å². The molecule has 104 valence electrons. The van der Waals surface area contributed by atoms with Crippen LogP contribution in [0.3, 0.4) is 0 Å². The van der Waals surface area contributed by atoms with Gasteiger partial charge in [-0.25, -0.2) is 0 Å². The zero-order chi connectivity index (χ0) is 14.9. The lowest BCUT2D eigenvalue weighted by Crippen LogP contribution is -2.13. The Kier molecular flexibility index (Phi) is 5.05. The Morgan fingerprint density at radius 3 is 2.20 bits per heavy atom. The van der Waals surface area contributed by atoms with Gasteiger partial charge in [-0.2, -0.15) is 0 Å². The number of nitrogens with one attached hydrogen (secondary N) is 1. The summed E-state index contributed by atoms with van der Waals surface area (Å²) in [5, 5.41) is 3.92. The molecule has 2 nitrogen and oxygen atoms in total. The number of rotatable bonds is 2. The van der Waals surface area contributed by atoms with Crippen LogP contribution in [0.25, 0.3) is 0 Å². The first-order valence-electron chi connectivity index (χ1n) is 5.30. The molecule has 0 heterocycles. The third kappa shape index (κ3) is 3.33. The van der Waals surface area contributed by atoms with Gasteiger partial charge in [0.15, 0.2) is 0 Å². The van der Waals surface area contributed by atoms with Crippen molar-refractivity contribution in [2.45, 2.75) is 0 Å². The van der Waals surface area contributed by atoms with Crippen LogP contribution in [0, 0.1) is 0 Å². The Morgan fingerprint density at radius 1 is 0.850 bits per heavy atom. The molecule has 20 heavy (non-hydrogen) atoms. The van der Waals surface area contributed by atoms with Crippen LogP contribution >= 0.6 is 58.0 Å². The van der Waals surface area contributed by atoms with E-state index in [1.807, 2.05) is 0 Å². The molecular weight excluding hydrogens is 363 g/mol. The van der Waals surface area contributed by atoms with E-state index in [4.69, 9.17) is 58.0 Å². The molecule has 2 aromatic carbocycles. The van der Waals surface area contributed by atoms with Crippen molar-refractivity contribution in [2.75, 3.05) is 5.32 Å². The molecule has 1 amide bonds. The number of hydrogen-bond acceptors (Lipinski definition) is 1. The Balaban J connectivity index is 2.33. The van der Waals surface area contributed by atoms with Gasteiger partial charge < -0.3 is 5.32 Å². The van der Waals surface area contributed by atoms with E-state index in [1.165, 1.54) is 12.1 Å². The maximum Gasteiger partial charge on any atom is 0.257 e. The predicted octanol–water partition coefficient (Wildman–Crippen LogP) is 6.21. The summed E-state index contributed by atoms with van der Waals surface area (Å²) in [6.07, 6.45) is 0. The molecule has 0 spiro atoms. The number of carbonyl (C=O) groups is 1. The van der Waals surface area contributed by atoms with E-state index >= 15 is 0 Å². The second-order valence-corrected chi connectivity index (χ2v) is 5.81. The molecule has 0 radical (unpaired) electrons. The lowest BCUT2D eigenvalue weighted by atomic mass is 10.2. The minimum atomic E-state index is -0.446. The number of amides is 1. The van der Waals surface area contributed by atoms with Crippen LogP contribution in [0.1, 0.15) is 10.4 Å². The normalized spacial score (nSPS) is 10.4. The monoisotopic (exact) mass is 367 g/mol. The third-order valence-electron chi connectivity index (χ3n) is 2.45. The van der Waals surface area contributed by atoms with Crippen molar-refractivity contribution in [3.05, 3.63) is 61.0 Å². The summed E-state index contributed by atoms with van der Waals surface area (Å²) in [4.78, 5) is 12.1. The molecule has 1 N–H and O–H groups in total. The zero-order valence-corrected chi connectivity index (χ0v) is 13.5. The maximum absolute atomic E-state index is 12.1. The molecule has 0 bridgehead atoms. The van der Waals surface area contributed by atoms with Gasteiger partial charge in [0.05, 0.1) is 36.4 Å². The average molecular weight is 369 g/mol. The predicted molar refractivity (Wildman–Crippen MR) is 85.9 cm³/mol. The van der Waals surface area contributed by atoms with Crippen LogP contribution in [0.5, 0.6) is 0 Å². The largest absolute Gasteiger partial charge is 0.321 e. The summed E-state index contributed by atoms with van der Waals surface area (Å²) in [5.41, 5.74) is 0.573. The number of benzene rings is 2. The Hall–Kier alpha value is -0.640. The van der Waals surface area contributed by atoms with Crippen molar-refractivity contribution >= 4 is 69.6 Å². The van der Waals surface area contributed by atoms with Gasteiger partial charge in [-0.1, -0.05) is 64.1 Å². The molecule has 0 fully saturated rings. The minimum absolute atomic E-state index is 0.169. The van der Waals surface area contributed by atoms with Crippen molar-refractivity contribution in [1.29, 1.82) is 0 Å². The molecule has 0 aliphatic carbocycles. The van der Waals surface area contributed by atoms with Gasteiger partial charge >= 0.3 is 0 Å². The van der Waals surface area contributed by atoms with E-state index in [0.29, 0.717) is 15.7 Å². The van der Waals surface area contributed by atoms with Crippen LogP contribution in [0.2, 0.25) is 25.1 Å². The van der Waals surface area contributed by atoms with Gasteiger partial charge in [-0.3, -0.25) is 4.79 Å². The van der Waals surface area contributed by atoms with Gasteiger partial charge in [0, 0.05) is 0 Å². The summed E-state index contributed by atoms with van der Waals surface area (Å²) < 4.78 is 0. The van der Waals surface area contributed by atoms with Crippen molar-refractivity contribution in [1.82, 2.24) is 0 Å². The van der Waals surface area contributed by atoms with Gasteiger partial charge in [-0.15, -0.1) is 0 Å². The van der Waals surface area contributed by atoms with Gasteiger partial charge in [0.1, 0.15) is 0 Å². The van der Waals surface area contributed by atoms with E-state index in [1.54, 1.807) is 18.2 Å². The first-order valence-corrected chi connectivity index (χ1v) is 7.19. The van der Waals surface area contributed by atoms with Crippen molar-refractivity contribution in [3.63, 3.8) is 0 Å². The standard InChI is InChI=1S/C13H6Cl5NO/c14-7-3-1-2-6(12(7)18)13(20)19-11-5-9(16)8(15)4-10(11)17/h1-5H,(H,19,20). The average Bonchev–Trinajstić information content (AvgIpc) is 2.39. The molecule has 0 aliphatic heterocycles.